The van der Waals surface area contributed by atoms with E-state index in [4.69, 9.17) is 5.26 Å². The summed E-state index contributed by atoms with van der Waals surface area (Å²) in [6, 6.07) is 13.4. The molecule has 1 unspecified atom stereocenters. The third-order valence-corrected chi connectivity index (χ3v) is 3.50. The number of para-hydroxylation sites is 1. The second kappa shape index (κ2) is 7.88. The van der Waals surface area contributed by atoms with Crippen molar-refractivity contribution in [3.63, 3.8) is 0 Å². The van der Waals surface area contributed by atoms with E-state index in [1.807, 2.05) is 19.9 Å². The van der Waals surface area contributed by atoms with Gasteiger partial charge in [0, 0.05) is 6.04 Å². The van der Waals surface area contributed by atoms with Crippen LogP contribution in [0.4, 0.5) is 5.69 Å². The van der Waals surface area contributed by atoms with Crippen LogP contribution in [0.5, 0.6) is 0 Å². The molecule has 0 saturated carbocycles. The summed E-state index contributed by atoms with van der Waals surface area (Å²) in [7, 11) is 0. The first kappa shape index (κ1) is 17.2. The maximum absolute atomic E-state index is 12.3. The molecule has 0 radical (unpaired) electrons. The maximum Gasteiger partial charge on any atom is 0.274 e. The van der Waals surface area contributed by atoms with Crippen LogP contribution in [-0.4, -0.2) is 22.8 Å². The lowest BCUT2D eigenvalue weighted by Gasteiger charge is -2.11. The Kier molecular flexibility index (Phi) is 5.63. The number of amides is 2. The molecule has 1 aromatic heterocycles. The normalized spacial score (nSPS) is 11.2. The van der Waals surface area contributed by atoms with Crippen LogP contribution in [0.2, 0.25) is 0 Å². The van der Waals surface area contributed by atoms with Crippen LogP contribution in [0.25, 0.3) is 0 Å². The molecule has 6 nitrogen and oxygen atoms in total. The molecule has 0 fully saturated rings. The Morgan fingerprint density at radius 1 is 1.12 bits per heavy atom. The van der Waals surface area contributed by atoms with Crippen LogP contribution < -0.4 is 10.6 Å². The molecule has 0 aliphatic carbocycles. The van der Waals surface area contributed by atoms with Gasteiger partial charge in [-0.05, 0) is 37.6 Å². The Morgan fingerprint density at radius 2 is 1.79 bits per heavy atom. The Balaban J connectivity index is 2.17. The minimum Gasteiger partial charge on any atom is -0.348 e. The number of hydrogen-bond donors (Lipinski definition) is 2. The minimum absolute atomic E-state index is 0.0271. The van der Waals surface area contributed by atoms with Gasteiger partial charge in [-0.15, -0.1) is 0 Å². The zero-order chi connectivity index (χ0) is 17.5. The fourth-order valence-electron chi connectivity index (χ4n) is 1.96. The van der Waals surface area contributed by atoms with E-state index in [1.165, 1.54) is 6.07 Å². The monoisotopic (exact) mass is 322 g/mol. The molecular formula is C18H18N4O2. The standard InChI is InChI=1S/C18H18N4O2/c1-3-12(2)20-17(23)15-9-6-10-16(21-15)18(24)22-14-8-5-4-7-13(14)11-19/h4-10,12H,3H2,1-2H3,(H,20,23)(H,22,24). The molecule has 1 atom stereocenters. The summed E-state index contributed by atoms with van der Waals surface area (Å²) in [5.41, 5.74) is 1.05. The molecule has 0 saturated heterocycles. The molecule has 2 rings (SSSR count). The zero-order valence-corrected chi connectivity index (χ0v) is 13.5. The van der Waals surface area contributed by atoms with Crippen molar-refractivity contribution in [1.82, 2.24) is 10.3 Å². The lowest BCUT2D eigenvalue weighted by molar-refractivity contribution is 0.0934. The van der Waals surface area contributed by atoms with Crippen molar-refractivity contribution in [1.29, 1.82) is 5.26 Å². The average molecular weight is 322 g/mol. The quantitative estimate of drug-likeness (QED) is 0.885. The molecule has 24 heavy (non-hydrogen) atoms. The summed E-state index contributed by atoms with van der Waals surface area (Å²) in [6.07, 6.45) is 0.802. The van der Waals surface area contributed by atoms with Gasteiger partial charge < -0.3 is 10.6 Å². The van der Waals surface area contributed by atoms with Gasteiger partial charge in [0.25, 0.3) is 11.8 Å². The van der Waals surface area contributed by atoms with Crippen molar-refractivity contribution < 1.29 is 9.59 Å². The van der Waals surface area contributed by atoms with Gasteiger partial charge in [-0.1, -0.05) is 25.1 Å². The Labute approximate surface area is 140 Å². The first-order chi connectivity index (χ1) is 11.5. The molecule has 0 spiro atoms. The van der Waals surface area contributed by atoms with E-state index in [0.717, 1.165) is 6.42 Å². The number of carbonyl (C=O) groups excluding carboxylic acids is 2. The first-order valence-corrected chi connectivity index (χ1v) is 7.63. The van der Waals surface area contributed by atoms with Gasteiger partial charge in [-0.25, -0.2) is 4.98 Å². The zero-order valence-electron chi connectivity index (χ0n) is 13.5. The third-order valence-electron chi connectivity index (χ3n) is 3.50. The van der Waals surface area contributed by atoms with E-state index in [-0.39, 0.29) is 23.3 Å². The van der Waals surface area contributed by atoms with E-state index >= 15 is 0 Å². The number of aromatic nitrogens is 1. The van der Waals surface area contributed by atoms with Gasteiger partial charge in [0.15, 0.2) is 0 Å². The summed E-state index contributed by atoms with van der Waals surface area (Å²) in [5.74, 6) is -0.799. The third kappa shape index (κ3) is 4.17. The summed E-state index contributed by atoms with van der Waals surface area (Å²) in [4.78, 5) is 28.5. The van der Waals surface area contributed by atoms with Gasteiger partial charge in [-0.2, -0.15) is 5.26 Å². The van der Waals surface area contributed by atoms with E-state index in [2.05, 4.69) is 15.6 Å². The van der Waals surface area contributed by atoms with E-state index in [0.29, 0.717) is 11.3 Å². The average Bonchev–Trinajstić information content (AvgIpc) is 2.62. The highest BCUT2D eigenvalue weighted by atomic mass is 16.2. The first-order valence-electron chi connectivity index (χ1n) is 7.63. The van der Waals surface area contributed by atoms with Crippen molar-refractivity contribution in [2.75, 3.05) is 5.32 Å². The van der Waals surface area contributed by atoms with E-state index < -0.39 is 5.91 Å². The predicted octanol–water partition coefficient (Wildman–Crippen LogP) is 2.73. The van der Waals surface area contributed by atoms with Crippen molar-refractivity contribution in [3.05, 3.63) is 59.4 Å². The van der Waals surface area contributed by atoms with Crippen LogP contribution in [0.1, 0.15) is 46.8 Å². The second-order valence-corrected chi connectivity index (χ2v) is 5.30. The van der Waals surface area contributed by atoms with Crippen LogP contribution in [0, 0.1) is 11.3 Å². The fourth-order valence-corrected chi connectivity index (χ4v) is 1.96. The number of nitriles is 1. The van der Waals surface area contributed by atoms with Gasteiger partial charge in [0.1, 0.15) is 17.5 Å². The fraction of sp³-hybridized carbons (Fsp3) is 0.222. The number of rotatable bonds is 5. The van der Waals surface area contributed by atoms with Gasteiger partial charge in [0.05, 0.1) is 11.3 Å². The number of nitrogens with zero attached hydrogens (tertiary/aromatic N) is 2. The van der Waals surface area contributed by atoms with Crippen molar-refractivity contribution >= 4 is 17.5 Å². The topological polar surface area (TPSA) is 94.9 Å². The number of anilines is 1. The molecule has 122 valence electrons. The molecule has 2 amide bonds. The maximum atomic E-state index is 12.3. The molecular weight excluding hydrogens is 304 g/mol. The van der Waals surface area contributed by atoms with Crippen molar-refractivity contribution in [2.24, 2.45) is 0 Å². The SMILES string of the molecule is CCC(C)NC(=O)c1cccc(C(=O)Nc2ccccc2C#N)n1. The highest BCUT2D eigenvalue weighted by Crippen LogP contribution is 2.14. The minimum atomic E-state index is -0.476. The highest BCUT2D eigenvalue weighted by Gasteiger charge is 2.14. The van der Waals surface area contributed by atoms with Gasteiger partial charge >= 0.3 is 0 Å². The molecule has 2 aromatic rings. The summed E-state index contributed by atoms with van der Waals surface area (Å²) < 4.78 is 0. The number of pyridine rings is 1. The number of nitrogens with one attached hydrogen (secondary N) is 2. The summed E-state index contributed by atoms with van der Waals surface area (Å²) in [5, 5.41) is 14.5. The number of benzene rings is 1. The van der Waals surface area contributed by atoms with Gasteiger partial charge in [-0.3, -0.25) is 9.59 Å². The molecule has 0 aliphatic heterocycles. The predicted molar refractivity (Wildman–Crippen MR) is 90.6 cm³/mol. The second-order valence-electron chi connectivity index (χ2n) is 5.30. The molecule has 0 bridgehead atoms. The molecule has 1 aromatic carbocycles. The molecule has 6 heteroatoms. The molecule has 2 N–H and O–H groups in total. The van der Waals surface area contributed by atoms with E-state index in [9.17, 15) is 9.59 Å². The van der Waals surface area contributed by atoms with Crippen LogP contribution in [0.3, 0.4) is 0 Å². The largest absolute Gasteiger partial charge is 0.348 e. The van der Waals surface area contributed by atoms with E-state index in [1.54, 1.807) is 36.4 Å². The number of carbonyl (C=O) groups is 2. The van der Waals surface area contributed by atoms with Crippen molar-refractivity contribution in [3.8, 4) is 6.07 Å². The van der Waals surface area contributed by atoms with Crippen LogP contribution >= 0.6 is 0 Å². The van der Waals surface area contributed by atoms with Crippen LogP contribution in [0.15, 0.2) is 42.5 Å². The summed E-state index contributed by atoms with van der Waals surface area (Å²) >= 11 is 0. The van der Waals surface area contributed by atoms with Crippen molar-refractivity contribution in [2.45, 2.75) is 26.3 Å². The molecule has 0 aliphatic rings. The number of hydrogen-bond acceptors (Lipinski definition) is 4. The Hall–Kier alpha value is -3.20. The van der Waals surface area contributed by atoms with Crippen LogP contribution in [-0.2, 0) is 0 Å². The van der Waals surface area contributed by atoms with Gasteiger partial charge in [0.2, 0.25) is 0 Å². The lowest BCUT2D eigenvalue weighted by Crippen LogP contribution is -2.32. The molecule has 1 heterocycles. The Bertz CT molecular complexity index is 796. The lowest BCUT2D eigenvalue weighted by atomic mass is 10.2. The Morgan fingerprint density at radius 3 is 2.46 bits per heavy atom. The summed E-state index contributed by atoms with van der Waals surface area (Å²) in [6.45, 7) is 3.86. The smallest absolute Gasteiger partial charge is 0.274 e. The highest BCUT2D eigenvalue weighted by molar-refractivity contribution is 6.04.